The van der Waals surface area contributed by atoms with Crippen LogP contribution in [0.4, 0.5) is 8.78 Å². The molecule has 1 aliphatic heterocycles. The first-order valence-corrected chi connectivity index (χ1v) is 9.60. The van der Waals surface area contributed by atoms with Gasteiger partial charge in [-0.3, -0.25) is 4.90 Å². The molecular weight excluding hydrogens is 396 g/mol. The molecule has 30 heavy (non-hydrogen) atoms. The molecule has 0 aliphatic carbocycles. The van der Waals surface area contributed by atoms with Crippen LogP contribution >= 0.6 is 0 Å². The summed E-state index contributed by atoms with van der Waals surface area (Å²) in [4.78, 5) is 20.8. The lowest BCUT2D eigenvalue weighted by molar-refractivity contribution is 0.0322. The molecule has 7 nitrogen and oxygen atoms in total. The minimum Gasteiger partial charge on any atom is -0.492 e. The third kappa shape index (κ3) is 4.27. The number of alkyl halides is 2. The summed E-state index contributed by atoms with van der Waals surface area (Å²) in [5, 5.41) is 9.32. The van der Waals surface area contributed by atoms with Crippen LogP contribution < -0.4 is 4.74 Å². The Morgan fingerprint density at radius 2 is 2.07 bits per heavy atom. The number of hydrogen-bond acceptors (Lipinski definition) is 5. The zero-order valence-electron chi connectivity index (χ0n) is 16.1. The zero-order chi connectivity index (χ0) is 21.1. The molecule has 2 N–H and O–H groups in total. The maximum absolute atomic E-state index is 13.8. The Labute approximate surface area is 171 Å². The maximum atomic E-state index is 13.8. The van der Waals surface area contributed by atoms with E-state index >= 15 is 0 Å². The number of rotatable bonds is 7. The maximum Gasteiger partial charge on any atom is 0.337 e. The molecule has 2 heterocycles. The number of benzene rings is 2. The van der Waals surface area contributed by atoms with Crippen molar-refractivity contribution < 1.29 is 28.2 Å². The SMILES string of the molecule is O=C(O)c1cccc2nc(-c3ccc(OCCN4CCOCC4)cc3C(F)F)[nH]c12. The number of nitrogens with one attached hydrogen (secondary N) is 1. The number of ether oxygens (including phenoxy) is 2. The topological polar surface area (TPSA) is 87.7 Å². The number of carbonyl (C=O) groups is 1. The van der Waals surface area contributed by atoms with Crippen molar-refractivity contribution in [1.29, 1.82) is 0 Å². The third-order valence-corrected chi connectivity index (χ3v) is 5.04. The van der Waals surface area contributed by atoms with Gasteiger partial charge in [0.2, 0.25) is 0 Å². The number of nitrogens with zero attached hydrogens (tertiary/aromatic N) is 2. The van der Waals surface area contributed by atoms with Crippen LogP contribution in [0, 0.1) is 0 Å². The van der Waals surface area contributed by atoms with E-state index in [1.54, 1.807) is 18.2 Å². The van der Waals surface area contributed by atoms with Crippen LogP contribution in [0.1, 0.15) is 22.3 Å². The molecule has 0 unspecified atom stereocenters. The molecule has 9 heteroatoms. The highest BCUT2D eigenvalue weighted by atomic mass is 19.3. The van der Waals surface area contributed by atoms with Gasteiger partial charge in [-0.05, 0) is 30.3 Å². The fraction of sp³-hybridized carbons (Fsp3) is 0.333. The fourth-order valence-corrected chi connectivity index (χ4v) is 3.48. The summed E-state index contributed by atoms with van der Waals surface area (Å²) < 4.78 is 38.5. The Hall–Kier alpha value is -3.04. The van der Waals surface area contributed by atoms with Crippen LogP contribution in [0.15, 0.2) is 36.4 Å². The summed E-state index contributed by atoms with van der Waals surface area (Å²) in [5.74, 6) is -0.576. The molecule has 4 rings (SSSR count). The van der Waals surface area contributed by atoms with Crippen LogP contribution in [0.25, 0.3) is 22.4 Å². The number of imidazole rings is 1. The van der Waals surface area contributed by atoms with E-state index in [2.05, 4.69) is 14.9 Å². The average molecular weight is 417 g/mol. The third-order valence-electron chi connectivity index (χ3n) is 5.04. The van der Waals surface area contributed by atoms with E-state index in [1.165, 1.54) is 18.2 Å². The Morgan fingerprint density at radius 3 is 2.80 bits per heavy atom. The van der Waals surface area contributed by atoms with Crippen LogP contribution in [0.3, 0.4) is 0 Å². The van der Waals surface area contributed by atoms with Gasteiger partial charge in [0.25, 0.3) is 6.43 Å². The van der Waals surface area contributed by atoms with Crippen molar-refractivity contribution in [2.45, 2.75) is 6.43 Å². The Bertz CT molecular complexity index is 1050. The molecule has 0 saturated carbocycles. The minimum absolute atomic E-state index is 0.0351. The van der Waals surface area contributed by atoms with E-state index in [0.29, 0.717) is 43.1 Å². The molecule has 1 saturated heterocycles. The van der Waals surface area contributed by atoms with E-state index in [9.17, 15) is 18.7 Å². The molecule has 1 aromatic heterocycles. The van der Waals surface area contributed by atoms with E-state index in [-0.39, 0.29) is 22.5 Å². The van der Waals surface area contributed by atoms with Crippen molar-refractivity contribution in [3.63, 3.8) is 0 Å². The first-order chi connectivity index (χ1) is 14.5. The Kier molecular flexibility index (Phi) is 5.91. The highest BCUT2D eigenvalue weighted by molar-refractivity contribution is 6.01. The van der Waals surface area contributed by atoms with Crippen LogP contribution in [0.5, 0.6) is 5.75 Å². The van der Waals surface area contributed by atoms with Gasteiger partial charge in [0.15, 0.2) is 0 Å². The second-order valence-corrected chi connectivity index (χ2v) is 6.94. The first kappa shape index (κ1) is 20.2. The van der Waals surface area contributed by atoms with Crippen LogP contribution in [-0.2, 0) is 4.74 Å². The van der Waals surface area contributed by atoms with Gasteiger partial charge in [-0.25, -0.2) is 18.6 Å². The largest absolute Gasteiger partial charge is 0.492 e. The van der Waals surface area contributed by atoms with Crippen molar-refractivity contribution in [3.8, 4) is 17.1 Å². The monoisotopic (exact) mass is 417 g/mol. The summed E-state index contributed by atoms with van der Waals surface area (Å²) >= 11 is 0. The number of aromatic amines is 1. The lowest BCUT2D eigenvalue weighted by atomic mass is 10.1. The van der Waals surface area contributed by atoms with Gasteiger partial charge in [-0.2, -0.15) is 0 Å². The molecule has 158 valence electrons. The van der Waals surface area contributed by atoms with Crippen molar-refractivity contribution in [2.75, 3.05) is 39.5 Å². The van der Waals surface area contributed by atoms with Gasteiger partial charge in [-0.1, -0.05) is 6.07 Å². The minimum atomic E-state index is -2.74. The predicted molar refractivity (Wildman–Crippen MR) is 106 cm³/mol. The molecule has 3 aromatic rings. The van der Waals surface area contributed by atoms with Crippen molar-refractivity contribution >= 4 is 17.0 Å². The molecular formula is C21H21F2N3O4. The Morgan fingerprint density at radius 1 is 1.27 bits per heavy atom. The number of aromatic nitrogens is 2. The first-order valence-electron chi connectivity index (χ1n) is 9.60. The number of H-pyrrole nitrogens is 1. The molecule has 2 aromatic carbocycles. The number of hydrogen-bond donors (Lipinski definition) is 2. The number of para-hydroxylation sites is 1. The van der Waals surface area contributed by atoms with Gasteiger partial charge in [0.05, 0.1) is 29.8 Å². The number of halogens is 2. The quantitative estimate of drug-likeness (QED) is 0.611. The number of carboxylic acids is 1. The van der Waals surface area contributed by atoms with E-state index < -0.39 is 12.4 Å². The number of fused-ring (bicyclic) bond motifs is 1. The average Bonchev–Trinajstić information content (AvgIpc) is 3.18. The molecule has 0 spiro atoms. The lowest BCUT2D eigenvalue weighted by Gasteiger charge is -2.26. The molecule has 1 fully saturated rings. The Balaban J connectivity index is 1.57. The number of carboxylic acid groups (broad SMARTS) is 1. The second kappa shape index (κ2) is 8.76. The molecule has 0 radical (unpaired) electrons. The fourth-order valence-electron chi connectivity index (χ4n) is 3.48. The zero-order valence-corrected chi connectivity index (χ0v) is 16.1. The van der Waals surface area contributed by atoms with Gasteiger partial charge >= 0.3 is 5.97 Å². The van der Waals surface area contributed by atoms with Crippen molar-refractivity contribution in [1.82, 2.24) is 14.9 Å². The van der Waals surface area contributed by atoms with Gasteiger partial charge < -0.3 is 19.6 Å². The highest BCUT2D eigenvalue weighted by Gasteiger charge is 2.20. The summed E-state index contributed by atoms with van der Waals surface area (Å²) in [6, 6.07) is 9.08. The second-order valence-electron chi connectivity index (χ2n) is 6.94. The number of aromatic carboxylic acids is 1. The van der Waals surface area contributed by atoms with Crippen molar-refractivity contribution in [3.05, 3.63) is 47.5 Å². The molecule has 0 atom stereocenters. The summed E-state index contributed by atoms with van der Waals surface area (Å²) in [6.07, 6.45) is -2.74. The summed E-state index contributed by atoms with van der Waals surface area (Å²) in [7, 11) is 0. The summed E-state index contributed by atoms with van der Waals surface area (Å²) in [5.41, 5.74) is 0.711. The summed E-state index contributed by atoms with van der Waals surface area (Å²) in [6.45, 7) is 4.10. The van der Waals surface area contributed by atoms with Gasteiger partial charge in [0, 0.05) is 30.8 Å². The standard InChI is InChI=1S/C21H21F2N3O4/c22-19(23)16-12-13(30-11-8-26-6-9-29-10-7-26)4-5-14(16)20-24-17-3-1-2-15(21(27)28)18(17)25-20/h1-5,12,19H,6-11H2,(H,24,25)(H,27,28). The van der Waals surface area contributed by atoms with Gasteiger partial charge in [0.1, 0.15) is 18.2 Å². The normalized spacial score (nSPS) is 15.0. The van der Waals surface area contributed by atoms with E-state index in [0.717, 1.165) is 13.1 Å². The van der Waals surface area contributed by atoms with Crippen molar-refractivity contribution in [2.24, 2.45) is 0 Å². The van der Waals surface area contributed by atoms with E-state index in [1.807, 2.05) is 0 Å². The predicted octanol–water partition coefficient (Wildman–Crippen LogP) is 3.58. The van der Waals surface area contributed by atoms with E-state index in [4.69, 9.17) is 9.47 Å². The molecule has 0 bridgehead atoms. The smallest absolute Gasteiger partial charge is 0.337 e. The van der Waals surface area contributed by atoms with Gasteiger partial charge in [-0.15, -0.1) is 0 Å². The van der Waals surface area contributed by atoms with Crippen LogP contribution in [-0.4, -0.2) is 65.4 Å². The number of morpholine rings is 1. The van der Waals surface area contributed by atoms with Crippen LogP contribution in [0.2, 0.25) is 0 Å². The molecule has 0 amide bonds. The lowest BCUT2D eigenvalue weighted by Crippen LogP contribution is -2.38. The highest BCUT2D eigenvalue weighted by Crippen LogP contribution is 2.34. The molecule has 1 aliphatic rings.